The lowest BCUT2D eigenvalue weighted by molar-refractivity contribution is 0.589. The number of rotatable bonds is 5. The summed E-state index contributed by atoms with van der Waals surface area (Å²) < 4.78 is 5.90. The Labute approximate surface area is 164 Å². The number of hydrogen-bond acceptors (Lipinski definition) is 4. The van der Waals surface area contributed by atoms with E-state index < -0.39 is 0 Å². The van der Waals surface area contributed by atoms with E-state index >= 15 is 0 Å². The van der Waals surface area contributed by atoms with E-state index in [1.807, 2.05) is 74.9 Å². The van der Waals surface area contributed by atoms with Crippen LogP contribution in [0.4, 0.5) is 11.4 Å². The quantitative estimate of drug-likeness (QED) is 0.417. The molecule has 0 saturated carbocycles. The van der Waals surface area contributed by atoms with Gasteiger partial charge in [0.2, 0.25) is 5.89 Å². The molecule has 0 aliphatic carbocycles. The van der Waals surface area contributed by atoms with Crippen molar-refractivity contribution in [1.82, 2.24) is 4.98 Å². The summed E-state index contributed by atoms with van der Waals surface area (Å²) in [5, 5.41) is 0. The normalized spacial score (nSPS) is 11.1. The molecule has 0 fully saturated rings. The van der Waals surface area contributed by atoms with Crippen LogP contribution in [0.2, 0.25) is 0 Å². The van der Waals surface area contributed by atoms with Crippen molar-refractivity contribution in [3.8, 4) is 22.8 Å². The predicted molar refractivity (Wildman–Crippen MR) is 115 cm³/mol. The number of hydrogen-bond donors (Lipinski definition) is 0. The fourth-order valence-corrected chi connectivity index (χ4v) is 2.84. The Bertz CT molecular complexity index is 1060. The van der Waals surface area contributed by atoms with E-state index in [0.717, 1.165) is 28.1 Å². The Kier molecular flexibility index (Phi) is 5.02. The third kappa shape index (κ3) is 4.01. The summed E-state index contributed by atoms with van der Waals surface area (Å²) in [5.41, 5.74) is 5.06. The number of aliphatic imine (C=N–C) groups is 1. The molecule has 0 bridgehead atoms. The zero-order valence-corrected chi connectivity index (χ0v) is 15.9. The van der Waals surface area contributed by atoms with Gasteiger partial charge in [-0.15, -0.1) is 0 Å². The second-order valence-electron chi connectivity index (χ2n) is 6.69. The minimum Gasteiger partial charge on any atom is -0.436 e. The average Bonchev–Trinajstić information content (AvgIpc) is 3.24. The number of nitrogens with zero attached hydrogens (tertiary/aromatic N) is 3. The van der Waals surface area contributed by atoms with Crippen molar-refractivity contribution in [1.29, 1.82) is 0 Å². The number of anilines is 1. The van der Waals surface area contributed by atoms with Crippen LogP contribution in [-0.2, 0) is 0 Å². The van der Waals surface area contributed by atoms with E-state index in [4.69, 9.17) is 4.42 Å². The fourth-order valence-electron chi connectivity index (χ4n) is 2.84. The largest absolute Gasteiger partial charge is 0.436 e. The summed E-state index contributed by atoms with van der Waals surface area (Å²) in [7, 11) is 4.06. The molecule has 0 aliphatic heterocycles. The summed E-state index contributed by atoms with van der Waals surface area (Å²) in [4.78, 5) is 11.0. The molecule has 0 radical (unpaired) electrons. The molecule has 138 valence electrons. The molecule has 0 unspecified atom stereocenters. The Balaban J connectivity index is 1.47. The van der Waals surface area contributed by atoms with Gasteiger partial charge in [0.15, 0.2) is 5.76 Å². The number of benzene rings is 3. The fraction of sp³-hybridized carbons (Fsp3) is 0.0833. The molecule has 0 N–H and O–H groups in total. The first-order valence-electron chi connectivity index (χ1n) is 9.12. The van der Waals surface area contributed by atoms with Gasteiger partial charge in [0, 0.05) is 37.1 Å². The van der Waals surface area contributed by atoms with Crippen molar-refractivity contribution in [3.63, 3.8) is 0 Å². The van der Waals surface area contributed by atoms with Crippen LogP contribution in [0, 0.1) is 0 Å². The second kappa shape index (κ2) is 7.92. The summed E-state index contributed by atoms with van der Waals surface area (Å²) in [6.45, 7) is 0. The maximum atomic E-state index is 5.90. The SMILES string of the molecule is CN(C)c1ccc(C=Nc2ccc(-c3ncc(-c4ccccc4)o3)cc2)cc1. The molecule has 0 spiro atoms. The average molecular weight is 367 g/mol. The molecule has 4 heteroatoms. The van der Waals surface area contributed by atoms with Crippen molar-refractivity contribution >= 4 is 17.6 Å². The van der Waals surface area contributed by atoms with E-state index in [0.29, 0.717) is 5.89 Å². The smallest absolute Gasteiger partial charge is 0.226 e. The Morgan fingerprint density at radius 1 is 0.821 bits per heavy atom. The van der Waals surface area contributed by atoms with E-state index in [2.05, 4.69) is 39.1 Å². The van der Waals surface area contributed by atoms with Crippen LogP contribution in [0.1, 0.15) is 5.56 Å². The van der Waals surface area contributed by atoms with E-state index in [9.17, 15) is 0 Å². The van der Waals surface area contributed by atoms with Gasteiger partial charge >= 0.3 is 0 Å². The van der Waals surface area contributed by atoms with Gasteiger partial charge in [0.25, 0.3) is 0 Å². The molecule has 1 aromatic heterocycles. The monoisotopic (exact) mass is 367 g/mol. The van der Waals surface area contributed by atoms with E-state index in [1.54, 1.807) is 6.20 Å². The van der Waals surface area contributed by atoms with Crippen LogP contribution in [-0.4, -0.2) is 25.3 Å². The Hall–Kier alpha value is -3.66. The molecule has 0 saturated heterocycles. The van der Waals surface area contributed by atoms with Gasteiger partial charge in [-0.25, -0.2) is 4.98 Å². The second-order valence-corrected chi connectivity index (χ2v) is 6.69. The predicted octanol–water partition coefficient (Wildman–Crippen LogP) is 5.83. The zero-order chi connectivity index (χ0) is 19.3. The molecule has 4 rings (SSSR count). The highest BCUT2D eigenvalue weighted by Gasteiger charge is 2.08. The molecular weight excluding hydrogens is 346 g/mol. The summed E-state index contributed by atoms with van der Waals surface area (Å²) in [6, 6.07) is 26.1. The molecule has 0 amide bonds. The van der Waals surface area contributed by atoms with Crippen molar-refractivity contribution in [2.24, 2.45) is 4.99 Å². The van der Waals surface area contributed by atoms with Crippen molar-refractivity contribution in [2.45, 2.75) is 0 Å². The van der Waals surface area contributed by atoms with Crippen LogP contribution in [0.5, 0.6) is 0 Å². The first-order valence-corrected chi connectivity index (χ1v) is 9.12. The van der Waals surface area contributed by atoms with E-state index in [1.165, 1.54) is 5.69 Å². The van der Waals surface area contributed by atoms with Gasteiger partial charge in [0.05, 0.1) is 11.9 Å². The topological polar surface area (TPSA) is 41.6 Å². The molecule has 0 aliphatic rings. The summed E-state index contributed by atoms with van der Waals surface area (Å²) in [5.74, 6) is 1.37. The zero-order valence-electron chi connectivity index (χ0n) is 15.9. The first-order chi connectivity index (χ1) is 13.7. The van der Waals surface area contributed by atoms with Gasteiger partial charge in [-0.1, -0.05) is 42.5 Å². The van der Waals surface area contributed by atoms with Crippen LogP contribution >= 0.6 is 0 Å². The van der Waals surface area contributed by atoms with Crippen molar-refractivity contribution in [3.05, 3.63) is 90.6 Å². The highest BCUT2D eigenvalue weighted by Crippen LogP contribution is 2.27. The van der Waals surface area contributed by atoms with Crippen LogP contribution in [0.25, 0.3) is 22.8 Å². The molecular formula is C24H21N3O. The van der Waals surface area contributed by atoms with Crippen LogP contribution < -0.4 is 4.90 Å². The van der Waals surface area contributed by atoms with Gasteiger partial charge in [-0.05, 0) is 42.0 Å². The standard InChI is InChI=1S/C24H21N3O/c1-27(2)22-14-8-18(9-15-22)16-25-21-12-10-20(11-13-21)24-26-17-23(28-24)19-6-4-3-5-7-19/h3-17H,1-2H3. The maximum Gasteiger partial charge on any atom is 0.226 e. The number of oxazole rings is 1. The minimum absolute atomic E-state index is 0.605. The molecule has 28 heavy (non-hydrogen) atoms. The summed E-state index contributed by atoms with van der Waals surface area (Å²) in [6.07, 6.45) is 3.63. The van der Waals surface area contributed by atoms with Crippen molar-refractivity contribution < 1.29 is 4.42 Å². The lowest BCUT2D eigenvalue weighted by Gasteiger charge is -2.11. The molecule has 3 aromatic carbocycles. The Morgan fingerprint density at radius 3 is 2.21 bits per heavy atom. The molecule has 1 heterocycles. The van der Waals surface area contributed by atoms with Crippen molar-refractivity contribution in [2.75, 3.05) is 19.0 Å². The number of aromatic nitrogens is 1. The highest BCUT2D eigenvalue weighted by molar-refractivity contribution is 5.82. The molecule has 0 atom stereocenters. The molecule has 4 aromatic rings. The van der Waals surface area contributed by atoms with Gasteiger partial charge in [-0.3, -0.25) is 4.99 Å². The van der Waals surface area contributed by atoms with Crippen LogP contribution in [0.15, 0.2) is 94.5 Å². The Morgan fingerprint density at radius 2 is 1.54 bits per heavy atom. The minimum atomic E-state index is 0.605. The van der Waals surface area contributed by atoms with Gasteiger partial charge in [0.1, 0.15) is 0 Å². The molecule has 4 nitrogen and oxygen atoms in total. The first kappa shape index (κ1) is 17.7. The third-order valence-electron chi connectivity index (χ3n) is 4.45. The highest BCUT2D eigenvalue weighted by atomic mass is 16.4. The maximum absolute atomic E-state index is 5.90. The van der Waals surface area contributed by atoms with E-state index in [-0.39, 0.29) is 0 Å². The summed E-state index contributed by atoms with van der Waals surface area (Å²) >= 11 is 0. The lowest BCUT2D eigenvalue weighted by Crippen LogP contribution is -2.08. The third-order valence-corrected chi connectivity index (χ3v) is 4.45. The van der Waals surface area contributed by atoms with Crippen LogP contribution in [0.3, 0.4) is 0 Å². The van der Waals surface area contributed by atoms with Gasteiger partial charge < -0.3 is 9.32 Å². The van der Waals surface area contributed by atoms with Gasteiger partial charge in [-0.2, -0.15) is 0 Å². The lowest BCUT2D eigenvalue weighted by atomic mass is 10.2.